The lowest BCUT2D eigenvalue weighted by molar-refractivity contribution is 0.455. The number of alkyl halides is 1. The highest BCUT2D eigenvalue weighted by atomic mass is 35.5. The number of fused-ring (bicyclic) bond motifs is 1. The number of aromatic nitrogens is 1. The second kappa shape index (κ2) is 5.47. The third kappa shape index (κ3) is 2.58. The standard InChI is InChI=1S/C16H11ClFNO/c17-9-13-7-14(18)10-19-16(13)20-15-6-5-11-3-1-2-4-12(11)8-15/h1-8,10H,9H2. The van der Waals surface area contributed by atoms with E-state index in [1.807, 2.05) is 42.5 Å². The number of pyridine rings is 1. The minimum atomic E-state index is -0.425. The second-order valence-corrected chi connectivity index (χ2v) is 4.63. The lowest BCUT2D eigenvalue weighted by Crippen LogP contribution is -1.94. The zero-order valence-corrected chi connectivity index (χ0v) is 11.3. The number of hydrogen-bond donors (Lipinski definition) is 0. The van der Waals surface area contributed by atoms with E-state index in [0.29, 0.717) is 17.2 Å². The van der Waals surface area contributed by atoms with E-state index in [1.54, 1.807) is 0 Å². The lowest BCUT2D eigenvalue weighted by Gasteiger charge is -2.09. The summed E-state index contributed by atoms with van der Waals surface area (Å²) in [4.78, 5) is 3.94. The van der Waals surface area contributed by atoms with Crippen LogP contribution in [0.5, 0.6) is 11.6 Å². The van der Waals surface area contributed by atoms with Crippen LogP contribution < -0.4 is 4.74 Å². The van der Waals surface area contributed by atoms with E-state index in [9.17, 15) is 4.39 Å². The molecule has 0 fully saturated rings. The molecule has 3 aromatic rings. The zero-order valence-electron chi connectivity index (χ0n) is 10.5. The van der Waals surface area contributed by atoms with E-state index in [-0.39, 0.29) is 5.88 Å². The smallest absolute Gasteiger partial charge is 0.223 e. The summed E-state index contributed by atoms with van der Waals surface area (Å²) < 4.78 is 18.8. The van der Waals surface area contributed by atoms with E-state index in [0.717, 1.165) is 17.0 Å². The van der Waals surface area contributed by atoms with Gasteiger partial charge in [0.15, 0.2) is 0 Å². The summed E-state index contributed by atoms with van der Waals surface area (Å²) in [5.41, 5.74) is 0.528. The minimum Gasteiger partial charge on any atom is -0.439 e. The van der Waals surface area contributed by atoms with Crippen molar-refractivity contribution in [3.8, 4) is 11.6 Å². The molecule has 20 heavy (non-hydrogen) atoms. The molecule has 0 aliphatic heterocycles. The van der Waals surface area contributed by atoms with Crippen molar-refractivity contribution in [3.05, 3.63) is 66.1 Å². The maximum absolute atomic E-state index is 13.1. The van der Waals surface area contributed by atoms with Crippen molar-refractivity contribution in [2.24, 2.45) is 0 Å². The third-order valence-corrected chi connectivity index (χ3v) is 3.26. The van der Waals surface area contributed by atoms with Crippen LogP contribution in [0.25, 0.3) is 10.8 Å². The van der Waals surface area contributed by atoms with Crippen LogP contribution in [0.2, 0.25) is 0 Å². The maximum atomic E-state index is 13.1. The molecular formula is C16H11ClFNO. The predicted molar refractivity (Wildman–Crippen MR) is 77.8 cm³/mol. The highest BCUT2D eigenvalue weighted by Crippen LogP contribution is 2.27. The summed E-state index contributed by atoms with van der Waals surface area (Å²) in [6, 6.07) is 15.0. The number of rotatable bonds is 3. The van der Waals surface area contributed by atoms with Gasteiger partial charge in [0.25, 0.3) is 0 Å². The summed E-state index contributed by atoms with van der Waals surface area (Å²) in [5, 5.41) is 2.20. The molecule has 3 rings (SSSR count). The number of ether oxygens (including phenoxy) is 1. The van der Waals surface area contributed by atoms with Crippen LogP contribution in [0.15, 0.2) is 54.7 Å². The molecule has 0 bridgehead atoms. The largest absolute Gasteiger partial charge is 0.439 e. The van der Waals surface area contributed by atoms with Crippen LogP contribution >= 0.6 is 11.6 Å². The lowest BCUT2D eigenvalue weighted by atomic mass is 10.1. The molecule has 0 aliphatic rings. The van der Waals surface area contributed by atoms with Crippen molar-refractivity contribution in [1.82, 2.24) is 4.98 Å². The van der Waals surface area contributed by atoms with Gasteiger partial charge in [-0.05, 0) is 29.0 Å². The van der Waals surface area contributed by atoms with Gasteiger partial charge in [-0.2, -0.15) is 0 Å². The highest BCUT2D eigenvalue weighted by Gasteiger charge is 2.08. The molecule has 0 saturated carbocycles. The Labute approximate surface area is 120 Å². The van der Waals surface area contributed by atoms with Crippen LogP contribution in [0.4, 0.5) is 4.39 Å². The Morgan fingerprint density at radius 2 is 1.85 bits per heavy atom. The van der Waals surface area contributed by atoms with Crippen molar-refractivity contribution in [3.63, 3.8) is 0 Å². The second-order valence-electron chi connectivity index (χ2n) is 4.36. The summed E-state index contributed by atoms with van der Waals surface area (Å²) in [6.07, 6.45) is 1.12. The fourth-order valence-electron chi connectivity index (χ4n) is 2.00. The molecule has 0 aliphatic carbocycles. The molecule has 0 saturated heterocycles. The Hall–Kier alpha value is -2.13. The molecule has 0 unspecified atom stereocenters. The Kier molecular flexibility index (Phi) is 3.52. The zero-order chi connectivity index (χ0) is 13.9. The van der Waals surface area contributed by atoms with E-state index in [1.165, 1.54) is 6.07 Å². The van der Waals surface area contributed by atoms with Gasteiger partial charge in [-0.25, -0.2) is 9.37 Å². The first kappa shape index (κ1) is 12.9. The SMILES string of the molecule is Fc1cnc(Oc2ccc3ccccc3c2)c(CCl)c1. The van der Waals surface area contributed by atoms with Crippen molar-refractivity contribution >= 4 is 22.4 Å². The number of halogens is 2. The molecule has 1 heterocycles. The molecule has 2 aromatic carbocycles. The quantitative estimate of drug-likeness (QED) is 0.639. The topological polar surface area (TPSA) is 22.1 Å². The Bertz CT molecular complexity index is 760. The van der Waals surface area contributed by atoms with E-state index in [4.69, 9.17) is 16.3 Å². The molecule has 2 nitrogen and oxygen atoms in total. The van der Waals surface area contributed by atoms with E-state index < -0.39 is 5.82 Å². The highest BCUT2D eigenvalue weighted by molar-refractivity contribution is 6.17. The third-order valence-electron chi connectivity index (χ3n) is 2.97. The molecule has 4 heteroatoms. The molecular weight excluding hydrogens is 277 g/mol. The van der Waals surface area contributed by atoms with Gasteiger partial charge in [0.2, 0.25) is 5.88 Å². The predicted octanol–water partition coefficient (Wildman–Crippen LogP) is 4.91. The van der Waals surface area contributed by atoms with Gasteiger partial charge in [0.1, 0.15) is 11.6 Å². The van der Waals surface area contributed by atoms with Gasteiger partial charge in [-0.3, -0.25) is 0 Å². The number of benzene rings is 2. The Morgan fingerprint density at radius 1 is 1.05 bits per heavy atom. The molecule has 0 spiro atoms. The van der Waals surface area contributed by atoms with Gasteiger partial charge >= 0.3 is 0 Å². The van der Waals surface area contributed by atoms with Gasteiger partial charge in [0, 0.05) is 5.56 Å². The van der Waals surface area contributed by atoms with Crippen molar-refractivity contribution < 1.29 is 9.13 Å². The van der Waals surface area contributed by atoms with Crippen LogP contribution in [0.3, 0.4) is 0 Å². The fourth-order valence-corrected chi connectivity index (χ4v) is 2.19. The average Bonchev–Trinajstić information content (AvgIpc) is 2.49. The monoisotopic (exact) mass is 287 g/mol. The average molecular weight is 288 g/mol. The first-order valence-electron chi connectivity index (χ1n) is 6.13. The number of hydrogen-bond acceptors (Lipinski definition) is 2. The molecule has 0 radical (unpaired) electrons. The minimum absolute atomic E-state index is 0.147. The van der Waals surface area contributed by atoms with Gasteiger partial charge in [-0.1, -0.05) is 30.3 Å². The van der Waals surface area contributed by atoms with Gasteiger partial charge in [0.05, 0.1) is 12.1 Å². The van der Waals surface area contributed by atoms with Gasteiger partial charge in [-0.15, -0.1) is 11.6 Å². The van der Waals surface area contributed by atoms with Crippen LogP contribution in [-0.2, 0) is 5.88 Å². The maximum Gasteiger partial charge on any atom is 0.223 e. The summed E-state index contributed by atoms with van der Waals surface area (Å²) in [6.45, 7) is 0. The summed E-state index contributed by atoms with van der Waals surface area (Å²) in [5.74, 6) is 0.700. The van der Waals surface area contributed by atoms with Gasteiger partial charge < -0.3 is 4.74 Å². The van der Waals surface area contributed by atoms with E-state index in [2.05, 4.69) is 4.98 Å². The molecule has 100 valence electrons. The fraction of sp³-hybridized carbons (Fsp3) is 0.0625. The Balaban J connectivity index is 1.96. The van der Waals surface area contributed by atoms with E-state index >= 15 is 0 Å². The number of nitrogens with zero attached hydrogens (tertiary/aromatic N) is 1. The first-order valence-corrected chi connectivity index (χ1v) is 6.67. The van der Waals surface area contributed by atoms with Crippen molar-refractivity contribution in [1.29, 1.82) is 0 Å². The van der Waals surface area contributed by atoms with Crippen LogP contribution in [-0.4, -0.2) is 4.98 Å². The molecule has 0 N–H and O–H groups in total. The van der Waals surface area contributed by atoms with Crippen molar-refractivity contribution in [2.45, 2.75) is 5.88 Å². The molecule has 0 atom stereocenters. The summed E-state index contributed by atoms with van der Waals surface area (Å²) in [7, 11) is 0. The first-order chi connectivity index (χ1) is 9.76. The van der Waals surface area contributed by atoms with Crippen LogP contribution in [0, 0.1) is 5.82 Å². The normalized spacial score (nSPS) is 10.7. The Morgan fingerprint density at radius 3 is 2.65 bits per heavy atom. The molecule has 0 amide bonds. The summed E-state index contributed by atoms with van der Waals surface area (Å²) >= 11 is 5.78. The molecule has 1 aromatic heterocycles. The van der Waals surface area contributed by atoms with Crippen molar-refractivity contribution in [2.75, 3.05) is 0 Å². The van der Waals surface area contributed by atoms with Crippen LogP contribution in [0.1, 0.15) is 5.56 Å².